The normalized spacial score (nSPS) is 22.5. The van der Waals surface area contributed by atoms with E-state index in [0.717, 1.165) is 69.2 Å². The molecule has 2 aliphatic heterocycles. The summed E-state index contributed by atoms with van der Waals surface area (Å²) < 4.78 is 7.66. The molecule has 1 amide bonds. The molecule has 3 heterocycles. The highest BCUT2D eigenvalue weighted by molar-refractivity contribution is 5.81. The Labute approximate surface area is 208 Å². The number of benzene rings is 1. The molecule has 0 spiro atoms. The van der Waals surface area contributed by atoms with Gasteiger partial charge in [0.2, 0.25) is 11.9 Å². The number of hydrogen-bond donors (Lipinski definition) is 0. The summed E-state index contributed by atoms with van der Waals surface area (Å²) >= 11 is 0. The van der Waals surface area contributed by atoms with Crippen LogP contribution in [0.3, 0.4) is 0 Å². The SMILES string of the molecule is CCOC(=O)[C@@H]1CCCN(C(=O)C2CCN(c3nc4ccccc4n3CC3CCCCC3)CC2)C1. The molecule has 0 radical (unpaired) electrons. The Balaban J connectivity index is 1.25. The molecule has 1 saturated carbocycles. The predicted octanol–water partition coefficient (Wildman–Crippen LogP) is 4.63. The summed E-state index contributed by atoms with van der Waals surface area (Å²) in [5.74, 6) is 1.72. The highest BCUT2D eigenvalue weighted by atomic mass is 16.5. The van der Waals surface area contributed by atoms with Gasteiger partial charge in [-0.2, -0.15) is 0 Å². The number of esters is 1. The van der Waals surface area contributed by atoms with Crippen LogP contribution in [0.5, 0.6) is 0 Å². The van der Waals surface area contributed by atoms with Gasteiger partial charge in [-0.1, -0.05) is 31.4 Å². The number of fused-ring (bicyclic) bond motifs is 1. The molecular formula is C28H40N4O3. The van der Waals surface area contributed by atoms with E-state index in [0.29, 0.717) is 13.2 Å². The van der Waals surface area contributed by atoms with Gasteiger partial charge in [0, 0.05) is 38.6 Å². The van der Waals surface area contributed by atoms with Gasteiger partial charge >= 0.3 is 5.97 Å². The minimum absolute atomic E-state index is 0.0309. The van der Waals surface area contributed by atoms with Crippen molar-refractivity contribution in [2.45, 2.75) is 71.3 Å². The lowest BCUT2D eigenvalue weighted by Gasteiger charge is -2.37. The van der Waals surface area contributed by atoms with Crippen molar-refractivity contribution in [2.75, 3.05) is 37.7 Å². The zero-order valence-electron chi connectivity index (χ0n) is 21.2. The fourth-order valence-corrected chi connectivity index (χ4v) is 6.33. The average Bonchev–Trinajstić information content (AvgIpc) is 3.27. The van der Waals surface area contributed by atoms with Crippen LogP contribution in [0.15, 0.2) is 24.3 Å². The Morgan fingerprint density at radius 2 is 1.71 bits per heavy atom. The maximum atomic E-state index is 13.3. The van der Waals surface area contributed by atoms with E-state index in [1.807, 2.05) is 11.8 Å². The first-order valence-corrected chi connectivity index (χ1v) is 13.8. The van der Waals surface area contributed by atoms with Gasteiger partial charge in [-0.25, -0.2) is 4.98 Å². The quantitative estimate of drug-likeness (QED) is 0.564. The van der Waals surface area contributed by atoms with Crippen LogP contribution in [0.1, 0.15) is 64.7 Å². The number of ether oxygens (including phenoxy) is 1. The molecule has 2 saturated heterocycles. The second kappa shape index (κ2) is 11.0. The summed E-state index contributed by atoms with van der Waals surface area (Å²) in [7, 11) is 0. The summed E-state index contributed by atoms with van der Waals surface area (Å²) in [5, 5.41) is 0. The van der Waals surface area contributed by atoms with E-state index in [1.54, 1.807) is 0 Å². The summed E-state index contributed by atoms with van der Waals surface area (Å²) in [6, 6.07) is 8.49. The third-order valence-electron chi connectivity index (χ3n) is 8.28. The smallest absolute Gasteiger partial charge is 0.310 e. The summed E-state index contributed by atoms with van der Waals surface area (Å²) in [6.07, 6.45) is 10.0. The van der Waals surface area contributed by atoms with Gasteiger partial charge < -0.3 is 19.1 Å². The number of anilines is 1. The summed E-state index contributed by atoms with van der Waals surface area (Å²) in [6.45, 7) is 6.23. The average molecular weight is 481 g/mol. The van der Waals surface area contributed by atoms with Crippen LogP contribution < -0.4 is 4.90 Å². The van der Waals surface area contributed by atoms with Crippen molar-refractivity contribution in [1.29, 1.82) is 0 Å². The van der Waals surface area contributed by atoms with Crippen molar-refractivity contribution in [3.63, 3.8) is 0 Å². The summed E-state index contributed by atoms with van der Waals surface area (Å²) in [5.41, 5.74) is 2.29. The van der Waals surface area contributed by atoms with E-state index in [2.05, 4.69) is 33.7 Å². The first-order chi connectivity index (χ1) is 17.1. The Kier molecular flexibility index (Phi) is 7.59. The third kappa shape index (κ3) is 5.34. The van der Waals surface area contributed by atoms with Crippen LogP contribution in [0.4, 0.5) is 5.95 Å². The molecule has 5 rings (SSSR count). The van der Waals surface area contributed by atoms with E-state index in [-0.39, 0.29) is 23.7 Å². The zero-order chi connectivity index (χ0) is 24.2. The van der Waals surface area contributed by atoms with Gasteiger partial charge in [0.15, 0.2) is 0 Å². The number of carbonyl (C=O) groups is 2. The van der Waals surface area contributed by atoms with Gasteiger partial charge in [0.1, 0.15) is 0 Å². The zero-order valence-corrected chi connectivity index (χ0v) is 21.2. The van der Waals surface area contributed by atoms with E-state index in [9.17, 15) is 9.59 Å². The van der Waals surface area contributed by atoms with Crippen molar-refractivity contribution in [2.24, 2.45) is 17.8 Å². The van der Waals surface area contributed by atoms with Crippen LogP contribution in [-0.2, 0) is 20.9 Å². The highest BCUT2D eigenvalue weighted by Gasteiger charge is 2.35. The molecule has 7 nitrogen and oxygen atoms in total. The number of para-hydroxylation sites is 2. The number of nitrogens with zero attached hydrogens (tertiary/aromatic N) is 4. The first-order valence-electron chi connectivity index (χ1n) is 13.8. The maximum Gasteiger partial charge on any atom is 0.310 e. The molecule has 2 aromatic rings. The van der Waals surface area contributed by atoms with Crippen LogP contribution in [0.2, 0.25) is 0 Å². The fourth-order valence-electron chi connectivity index (χ4n) is 6.33. The van der Waals surface area contributed by atoms with Crippen LogP contribution in [0.25, 0.3) is 11.0 Å². The van der Waals surface area contributed by atoms with Crippen LogP contribution in [-0.4, -0.2) is 59.1 Å². The minimum Gasteiger partial charge on any atom is -0.466 e. The van der Waals surface area contributed by atoms with Crippen molar-refractivity contribution < 1.29 is 14.3 Å². The number of piperidine rings is 2. The van der Waals surface area contributed by atoms with Gasteiger partial charge in [-0.3, -0.25) is 9.59 Å². The highest BCUT2D eigenvalue weighted by Crippen LogP contribution is 2.32. The van der Waals surface area contributed by atoms with E-state index < -0.39 is 0 Å². The van der Waals surface area contributed by atoms with Crippen molar-refractivity contribution in [3.05, 3.63) is 24.3 Å². The molecule has 35 heavy (non-hydrogen) atoms. The first kappa shape index (κ1) is 24.1. The lowest BCUT2D eigenvalue weighted by atomic mass is 9.89. The van der Waals surface area contributed by atoms with Gasteiger partial charge in [0.05, 0.1) is 23.6 Å². The number of likely N-dealkylation sites (tertiary alicyclic amines) is 1. The second-order valence-corrected chi connectivity index (χ2v) is 10.7. The third-order valence-corrected chi connectivity index (χ3v) is 8.28. The van der Waals surface area contributed by atoms with E-state index in [4.69, 9.17) is 9.72 Å². The standard InChI is InChI=1S/C28H40N4O3/c1-2-35-27(34)23-11-8-16-31(20-23)26(33)22-14-17-30(18-15-22)28-29-24-12-6-7-13-25(24)32(28)19-21-9-4-3-5-10-21/h6-7,12-13,21-23H,2-5,8-11,14-20H2,1H3/t23-/m1/s1. The molecule has 3 aliphatic rings. The molecule has 190 valence electrons. The molecule has 3 fully saturated rings. The Morgan fingerprint density at radius 1 is 0.943 bits per heavy atom. The predicted molar refractivity (Wildman–Crippen MR) is 137 cm³/mol. The molecular weight excluding hydrogens is 440 g/mol. The molecule has 7 heteroatoms. The number of imidazole rings is 1. The number of hydrogen-bond acceptors (Lipinski definition) is 5. The number of carbonyl (C=O) groups excluding carboxylic acids is 2. The Hall–Kier alpha value is -2.57. The lowest BCUT2D eigenvalue weighted by Crippen LogP contribution is -2.48. The summed E-state index contributed by atoms with van der Waals surface area (Å²) in [4.78, 5) is 34.9. The van der Waals surface area contributed by atoms with Crippen LogP contribution in [0, 0.1) is 17.8 Å². The van der Waals surface area contributed by atoms with E-state index >= 15 is 0 Å². The van der Waals surface area contributed by atoms with E-state index in [1.165, 1.54) is 37.6 Å². The van der Waals surface area contributed by atoms with Crippen molar-refractivity contribution in [3.8, 4) is 0 Å². The topological polar surface area (TPSA) is 67.7 Å². The Morgan fingerprint density at radius 3 is 2.49 bits per heavy atom. The molecule has 1 aliphatic carbocycles. The fraction of sp³-hybridized carbons (Fsp3) is 0.679. The molecule has 1 aromatic carbocycles. The number of amides is 1. The maximum absolute atomic E-state index is 13.3. The second-order valence-electron chi connectivity index (χ2n) is 10.7. The molecule has 0 unspecified atom stereocenters. The number of rotatable bonds is 6. The molecule has 1 atom stereocenters. The van der Waals surface area contributed by atoms with Gasteiger partial charge in [0.25, 0.3) is 0 Å². The number of aromatic nitrogens is 2. The molecule has 1 aromatic heterocycles. The lowest BCUT2D eigenvalue weighted by molar-refractivity contribution is -0.152. The van der Waals surface area contributed by atoms with Crippen LogP contribution >= 0.6 is 0 Å². The van der Waals surface area contributed by atoms with Gasteiger partial charge in [-0.15, -0.1) is 0 Å². The largest absolute Gasteiger partial charge is 0.466 e. The van der Waals surface area contributed by atoms with Crippen molar-refractivity contribution in [1.82, 2.24) is 14.5 Å². The molecule has 0 bridgehead atoms. The monoisotopic (exact) mass is 480 g/mol. The van der Waals surface area contributed by atoms with Crippen molar-refractivity contribution >= 4 is 28.9 Å². The Bertz CT molecular complexity index is 1020. The minimum atomic E-state index is -0.174. The van der Waals surface area contributed by atoms with Gasteiger partial charge in [-0.05, 0) is 63.5 Å². The molecule has 0 N–H and O–H groups in total.